The van der Waals surface area contributed by atoms with E-state index in [4.69, 9.17) is 23.2 Å². The molecule has 1 nitrogen and oxygen atoms in total. The molecule has 0 aliphatic carbocycles. The summed E-state index contributed by atoms with van der Waals surface area (Å²) in [6.45, 7) is 6.65. The van der Waals surface area contributed by atoms with Crippen molar-refractivity contribution in [1.29, 1.82) is 0 Å². The average molecular weight is 328 g/mol. The summed E-state index contributed by atoms with van der Waals surface area (Å²) in [6, 6.07) is 10.7. The van der Waals surface area contributed by atoms with Gasteiger partial charge in [0.25, 0.3) is 0 Å². The van der Waals surface area contributed by atoms with Gasteiger partial charge in [-0.3, -0.25) is 0 Å². The van der Waals surface area contributed by atoms with Crippen LogP contribution in [0.5, 0.6) is 0 Å². The molecule has 2 aromatic rings. The van der Waals surface area contributed by atoms with Crippen molar-refractivity contribution in [2.75, 3.05) is 7.05 Å². The van der Waals surface area contributed by atoms with Crippen LogP contribution in [0.25, 0.3) is 0 Å². The Kier molecular flexibility index (Phi) is 4.80. The predicted molar refractivity (Wildman–Crippen MR) is 90.4 cm³/mol. The van der Waals surface area contributed by atoms with E-state index in [9.17, 15) is 0 Å². The Labute approximate surface area is 134 Å². The van der Waals surface area contributed by atoms with Crippen molar-refractivity contribution in [3.63, 3.8) is 0 Å². The summed E-state index contributed by atoms with van der Waals surface area (Å²) >= 11 is 13.7. The van der Waals surface area contributed by atoms with E-state index in [1.165, 1.54) is 22.5 Å². The predicted octanol–water partition coefficient (Wildman–Crippen LogP) is 5.66. The molecule has 1 atom stereocenters. The number of halogens is 2. The molecular weight excluding hydrogens is 309 g/mol. The van der Waals surface area contributed by atoms with Gasteiger partial charge in [-0.05, 0) is 29.7 Å². The van der Waals surface area contributed by atoms with Gasteiger partial charge in [-0.1, -0.05) is 68.2 Å². The summed E-state index contributed by atoms with van der Waals surface area (Å²) < 4.78 is 1.46. The molecule has 0 spiro atoms. The SMILES string of the molecule is CNC(c1ccc(C(C)(C)C)cc1)c1cc(Cl)sc1Cl. The fourth-order valence-corrected chi connectivity index (χ4v) is 3.76. The van der Waals surface area contributed by atoms with Crippen molar-refractivity contribution in [3.8, 4) is 0 Å². The highest BCUT2D eigenvalue weighted by atomic mass is 35.5. The number of thiophene rings is 1. The molecule has 20 heavy (non-hydrogen) atoms. The summed E-state index contributed by atoms with van der Waals surface area (Å²) in [5.74, 6) is 0. The molecule has 0 fully saturated rings. The van der Waals surface area contributed by atoms with Gasteiger partial charge in [0.15, 0.2) is 0 Å². The van der Waals surface area contributed by atoms with Gasteiger partial charge >= 0.3 is 0 Å². The van der Waals surface area contributed by atoms with Gasteiger partial charge in [-0.2, -0.15) is 0 Å². The molecule has 0 amide bonds. The highest BCUT2D eigenvalue weighted by molar-refractivity contribution is 7.20. The highest BCUT2D eigenvalue weighted by Crippen LogP contribution is 2.37. The van der Waals surface area contributed by atoms with Gasteiger partial charge in [0, 0.05) is 5.56 Å². The zero-order valence-corrected chi connectivity index (χ0v) is 14.5. The van der Waals surface area contributed by atoms with Crippen LogP contribution >= 0.6 is 34.5 Å². The molecule has 4 heteroatoms. The third-order valence-corrected chi connectivity index (χ3v) is 4.91. The zero-order chi connectivity index (χ0) is 14.9. The second kappa shape index (κ2) is 6.07. The molecule has 1 aromatic heterocycles. The molecule has 0 aliphatic rings. The molecule has 1 N–H and O–H groups in total. The molecule has 108 valence electrons. The molecule has 2 rings (SSSR count). The molecule has 1 unspecified atom stereocenters. The third-order valence-electron chi connectivity index (χ3n) is 3.39. The summed E-state index contributed by atoms with van der Waals surface area (Å²) in [4.78, 5) is 0. The summed E-state index contributed by atoms with van der Waals surface area (Å²) in [6.07, 6.45) is 0. The number of benzene rings is 1. The van der Waals surface area contributed by atoms with Crippen LogP contribution in [-0.2, 0) is 5.41 Å². The molecule has 1 aromatic carbocycles. The first kappa shape index (κ1) is 15.8. The first-order valence-electron chi connectivity index (χ1n) is 6.55. The Morgan fingerprint density at radius 1 is 1.10 bits per heavy atom. The van der Waals surface area contributed by atoms with Crippen molar-refractivity contribution in [2.45, 2.75) is 32.2 Å². The lowest BCUT2D eigenvalue weighted by Crippen LogP contribution is -2.18. The minimum atomic E-state index is 0.0697. The minimum absolute atomic E-state index is 0.0697. The Balaban J connectivity index is 2.35. The van der Waals surface area contributed by atoms with Crippen molar-refractivity contribution < 1.29 is 0 Å². The Morgan fingerprint density at radius 2 is 1.70 bits per heavy atom. The molecule has 0 saturated heterocycles. The smallest absolute Gasteiger partial charge is 0.0995 e. The van der Waals surface area contributed by atoms with E-state index in [1.807, 2.05) is 13.1 Å². The van der Waals surface area contributed by atoms with Gasteiger partial charge in [0.1, 0.15) is 0 Å². The van der Waals surface area contributed by atoms with Crippen LogP contribution < -0.4 is 5.32 Å². The van der Waals surface area contributed by atoms with Gasteiger partial charge in [-0.25, -0.2) is 0 Å². The Hall–Kier alpha value is -0.540. The van der Waals surface area contributed by atoms with Crippen molar-refractivity contribution in [3.05, 3.63) is 55.7 Å². The lowest BCUT2D eigenvalue weighted by Gasteiger charge is -2.21. The number of rotatable bonds is 3. The molecular formula is C16H19Cl2NS. The van der Waals surface area contributed by atoms with E-state index in [0.29, 0.717) is 0 Å². The van der Waals surface area contributed by atoms with Crippen LogP contribution in [0.4, 0.5) is 0 Å². The maximum atomic E-state index is 6.27. The normalized spacial score (nSPS) is 13.5. The lowest BCUT2D eigenvalue weighted by atomic mass is 9.86. The summed E-state index contributed by atoms with van der Waals surface area (Å²) in [5.41, 5.74) is 3.71. The molecule has 0 radical (unpaired) electrons. The van der Waals surface area contributed by atoms with Gasteiger partial charge in [0.2, 0.25) is 0 Å². The van der Waals surface area contributed by atoms with Gasteiger partial charge < -0.3 is 5.32 Å². The van der Waals surface area contributed by atoms with E-state index in [1.54, 1.807) is 0 Å². The van der Waals surface area contributed by atoms with Crippen LogP contribution in [0.2, 0.25) is 8.67 Å². The third kappa shape index (κ3) is 3.37. The van der Waals surface area contributed by atoms with E-state index in [0.717, 1.165) is 14.2 Å². The summed E-state index contributed by atoms with van der Waals surface area (Å²) in [7, 11) is 1.93. The van der Waals surface area contributed by atoms with E-state index >= 15 is 0 Å². The fourth-order valence-electron chi connectivity index (χ4n) is 2.23. The average Bonchev–Trinajstić information content (AvgIpc) is 2.69. The standard InChI is InChI=1S/C16H19Cl2NS/c1-16(2,3)11-7-5-10(6-8-11)14(19-4)12-9-13(17)20-15(12)18/h5-9,14,19H,1-4H3. The van der Waals surface area contributed by atoms with Crippen LogP contribution in [0.1, 0.15) is 43.5 Å². The largest absolute Gasteiger partial charge is 0.309 e. The molecule has 0 aliphatic heterocycles. The lowest BCUT2D eigenvalue weighted by molar-refractivity contribution is 0.589. The van der Waals surface area contributed by atoms with Gasteiger partial charge in [-0.15, -0.1) is 11.3 Å². The second-order valence-electron chi connectivity index (χ2n) is 5.87. The van der Waals surface area contributed by atoms with Gasteiger partial charge in [0.05, 0.1) is 14.7 Å². The maximum Gasteiger partial charge on any atom is 0.0995 e. The van der Waals surface area contributed by atoms with Crippen molar-refractivity contribution >= 4 is 34.5 Å². The van der Waals surface area contributed by atoms with Crippen molar-refractivity contribution in [1.82, 2.24) is 5.32 Å². The Morgan fingerprint density at radius 3 is 2.10 bits per heavy atom. The van der Waals surface area contributed by atoms with Crippen LogP contribution in [0.15, 0.2) is 30.3 Å². The van der Waals surface area contributed by atoms with Crippen LogP contribution in [0.3, 0.4) is 0 Å². The Bertz CT molecular complexity index is 582. The minimum Gasteiger partial charge on any atom is -0.309 e. The zero-order valence-electron chi connectivity index (χ0n) is 12.1. The van der Waals surface area contributed by atoms with E-state index < -0.39 is 0 Å². The fraction of sp³-hybridized carbons (Fsp3) is 0.375. The highest BCUT2D eigenvalue weighted by Gasteiger charge is 2.19. The topological polar surface area (TPSA) is 12.0 Å². The van der Waals surface area contributed by atoms with Crippen molar-refractivity contribution in [2.24, 2.45) is 0 Å². The maximum absolute atomic E-state index is 6.27. The molecule has 0 bridgehead atoms. The van der Waals surface area contributed by atoms with Crippen LogP contribution in [-0.4, -0.2) is 7.05 Å². The second-order valence-corrected chi connectivity index (χ2v) is 8.16. The van der Waals surface area contributed by atoms with Crippen LogP contribution in [0, 0.1) is 0 Å². The first-order valence-corrected chi connectivity index (χ1v) is 8.12. The molecule has 1 heterocycles. The summed E-state index contributed by atoms with van der Waals surface area (Å²) in [5, 5.41) is 3.31. The number of hydrogen-bond donors (Lipinski definition) is 1. The van der Waals surface area contributed by atoms with E-state index in [-0.39, 0.29) is 11.5 Å². The first-order chi connectivity index (χ1) is 9.32. The quantitative estimate of drug-likeness (QED) is 0.766. The number of nitrogens with one attached hydrogen (secondary N) is 1. The van der Waals surface area contributed by atoms with E-state index in [2.05, 4.69) is 50.4 Å². The molecule has 0 saturated carbocycles. The monoisotopic (exact) mass is 327 g/mol. The number of hydrogen-bond acceptors (Lipinski definition) is 2.